The smallest absolute Gasteiger partial charge is 0.412 e. The number of nitrogens with two attached hydrogens (primary N) is 1. The van der Waals surface area contributed by atoms with Crippen LogP contribution in [0.5, 0.6) is 0 Å². The number of aromatic nitrogens is 2. The lowest BCUT2D eigenvalue weighted by atomic mass is 9.89. The van der Waals surface area contributed by atoms with Crippen molar-refractivity contribution >= 4 is 35.1 Å². The monoisotopic (exact) mass is 473 g/mol. The molecule has 0 radical (unpaired) electrons. The zero-order valence-corrected chi connectivity index (χ0v) is 17.9. The molecule has 11 heteroatoms. The van der Waals surface area contributed by atoms with E-state index in [2.05, 4.69) is 10.4 Å². The summed E-state index contributed by atoms with van der Waals surface area (Å²) >= 11 is 5.96. The summed E-state index contributed by atoms with van der Waals surface area (Å²) < 4.78 is 34.9. The van der Waals surface area contributed by atoms with E-state index in [0.717, 1.165) is 0 Å². The predicted octanol–water partition coefficient (Wildman–Crippen LogP) is 3.75. The number of benzene rings is 2. The Labute approximate surface area is 191 Å². The summed E-state index contributed by atoms with van der Waals surface area (Å²) in [6.07, 6.45) is -0.509. The number of hydrogen-bond donors (Lipinski definition) is 2. The average Bonchev–Trinajstić information content (AvgIpc) is 3.35. The lowest BCUT2D eigenvalue weighted by molar-refractivity contribution is -0.132. The molecule has 33 heavy (non-hydrogen) atoms. The van der Waals surface area contributed by atoms with Gasteiger partial charge in [0.15, 0.2) is 11.4 Å². The van der Waals surface area contributed by atoms with Gasteiger partial charge >= 0.3 is 6.09 Å². The Balaban J connectivity index is 1.37. The van der Waals surface area contributed by atoms with Gasteiger partial charge in [-0.1, -0.05) is 11.6 Å². The Bertz CT molecular complexity index is 1280. The molecule has 2 aliphatic rings. The van der Waals surface area contributed by atoms with Crippen molar-refractivity contribution in [3.05, 3.63) is 64.7 Å². The number of carbonyl (C=O) groups excluding carboxylic acids is 2. The number of nitrogens with one attached hydrogen (secondary N) is 1. The molecule has 1 saturated heterocycles. The molecule has 2 aromatic carbocycles. The van der Waals surface area contributed by atoms with Crippen LogP contribution in [0.15, 0.2) is 42.5 Å². The van der Waals surface area contributed by atoms with Crippen molar-refractivity contribution in [2.45, 2.75) is 18.6 Å². The van der Waals surface area contributed by atoms with Crippen molar-refractivity contribution < 1.29 is 23.1 Å². The van der Waals surface area contributed by atoms with Crippen molar-refractivity contribution in [2.75, 3.05) is 24.1 Å². The second-order valence-corrected chi connectivity index (χ2v) is 8.38. The Kier molecular flexibility index (Phi) is 4.97. The first-order valence-corrected chi connectivity index (χ1v) is 10.5. The maximum atomic E-state index is 14.9. The molecule has 0 unspecified atom stereocenters. The standard InChI is InChI=1S/C22H18ClF2N5O3/c23-14-5-6-15-19(20(14)25)22(33-21(32)27-15)7-8-29(11-22)18(31)10-30-17(26)9-16(28-30)12-1-3-13(24)4-2-12/h1-6,9H,7-8,10-11,26H2,(H,27,32)/t22-/m0/s1. The van der Waals surface area contributed by atoms with Gasteiger partial charge in [-0.2, -0.15) is 5.10 Å². The van der Waals surface area contributed by atoms with E-state index in [-0.39, 0.29) is 59.9 Å². The van der Waals surface area contributed by atoms with Gasteiger partial charge in [0, 0.05) is 24.6 Å². The third kappa shape index (κ3) is 3.66. The van der Waals surface area contributed by atoms with Gasteiger partial charge in [-0.3, -0.25) is 10.1 Å². The fourth-order valence-electron chi connectivity index (χ4n) is 4.29. The third-order valence-electron chi connectivity index (χ3n) is 5.90. The maximum Gasteiger partial charge on any atom is 0.412 e. The average molecular weight is 474 g/mol. The van der Waals surface area contributed by atoms with E-state index in [9.17, 15) is 18.4 Å². The molecule has 3 heterocycles. The highest BCUT2D eigenvalue weighted by Gasteiger charge is 2.50. The molecular formula is C22H18ClF2N5O3. The lowest BCUT2D eigenvalue weighted by Crippen LogP contribution is -2.44. The molecule has 3 aromatic rings. The summed E-state index contributed by atoms with van der Waals surface area (Å²) in [7, 11) is 0. The van der Waals surface area contributed by atoms with Crippen LogP contribution < -0.4 is 11.1 Å². The van der Waals surface area contributed by atoms with E-state index in [4.69, 9.17) is 22.1 Å². The minimum Gasteiger partial charge on any atom is -0.436 e. The largest absolute Gasteiger partial charge is 0.436 e. The Morgan fingerprint density at radius 1 is 1.24 bits per heavy atom. The van der Waals surface area contributed by atoms with Crippen LogP contribution >= 0.6 is 11.6 Å². The quantitative estimate of drug-likeness (QED) is 0.603. The van der Waals surface area contributed by atoms with Gasteiger partial charge in [0.1, 0.15) is 18.2 Å². The van der Waals surface area contributed by atoms with Crippen LogP contribution in [0, 0.1) is 11.6 Å². The minimum absolute atomic E-state index is 0.0322. The topological polar surface area (TPSA) is 102 Å². The van der Waals surface area contributed by atoms with Crippen molar-refractivity contribution in [1.82, 2.24) is 14.7 Å². The van der Waals surface area contributed by atoms with Gasteiger partial charge in [-0.05, 0) is 36.4 Å². The number of rotatable bonds is 3. The predicted molar refractivity (Wildman–Crippen MR) is 116 cm³/mol. The maximum absolute atomic E-state index is 14.9. The zero-order chi connectivity index (χ0) is 23.3. The molecule has 1 spiro atoms. The first-order valence-electron chi connectivity index (χ1n) is 10.1. The van der Waals surface area contributed by atoms with Crippen LogP contribution in [0.2, 0.25) is 5.02 Å². The molecule has 3 N–H and O–H groups in total. The van der Waals surface area contributed by atoms with Gasteiger partial charge in [-0.25, -0.2) is 18.3 Å². The molecule has 2 amide bonds. The molecule has 1 fully saturated rings. The number of halogens is 3. The van der Waals surface area contributed by atoms with Crippen LogP contribution in [-0.2, 0) is 21.7 Å². The van der Waals surface area contributed by atoms with Gasteiger partial charge in [0.25, 0.3) is 0 Å². The molecule has 0 aliphatic carbocycles. The van der Waals surface area contributed by atoms with E-state index in [0.29, 0.717) is 11.3 Å². The van der Waals surface area contributed by atoms with Crippen molar-refractivity contribution in [3.63, 3.8) is 0 Å². The first kappa shape index (κ1) is 21.2. The van der Waals surface area contributed by atoms with Crippen LogP contribution in [0.4, 0.5) is 25.1 Å². The number of ether oxygens (including phenoxy) is 1. The molecule has 1 aromatic heterocycles. The Morgan fingerprint density at radius 3 is 2.76 bits per heavy atom. The van der Waals surface area contributed by atoms with Crippen molar-refractivity contribution in [3.8, 4) is 11.3 Å². The summed E-state index contributed by atoms with van der Waals surface area (Å²) in [5.74, 6) is -1.13. The second kappa shape index (κ2) is 7.73. The number of likely N-dealkylation sites (tertiary alicyclic amines) is 1. The summed E-state index contributed by atoms with van der Waals surface area (Å²) in [6, 6.07) is 10.2. The molecule has 1 atom stereocenters. The molecular weight excluding hydrogens is 456 g/mol. The summed E-state index contributed by atoms with van der Waals surface area (Å²) in [6.45, 7) is 0.0409. The van der Waals surface area contributed by atoms with Gasteiger partial charge in [0.05, 0.1) is 28.5 Å². The summed E-state index contributed by atoms with van der Waals surface area (Å²) in [4.78, 5) is 26.6. The number of hydrogen-bond acceptors (Lipinski definition) is 5. The van der Waals surface area contributed by atoms with Crippen LogP contribution in [0.1, 0.15) is 12.0 Å². The van der Waals surface area contributed by atoms with Gasteiger partial charge < -0.3 is 15.4 Å². The van der Waals surface area contributed by atoms with E-state index in [1.807, 2.05) is 0 Å². The minimum atomic E-state index is -1.34. The number of fused-ring (bicyclic) bond motifs is 2. The molecule has 8 nitrogen and oxygen atoms in total. The number of carbonyl (C=O) groups is 2. The highest BCUT2D eigenvalue weighted by molar-refractivity contribution is 6.31. The molecule has 5 rings (SSSR count). The number of nitrogens with zero attached hydrogens (tertiary/aromatic N) is 3. The van der Waals surface area contributed by atoms with Gasteiger partial charge in [-0.15, -0.1) is 0 Å². The van der Waals surface area contributed by atoms with E-state index in [1.165, 1.54) is 33.8 Å². The molecule has 0 saturated carbocycles. The fraction of sp³-hybridized carbons (Fsp3) is 0.227. The van der Waals surface area contributed by atoms with Gasteiger partial charge in [0.2, 0.25) is 5.91 Å². The Morgan fingerprint density at radius 2 is 2.00 bits per heavy atom. The number of amides is 2. The fourth-order valence-corrected chi connectivity index (χ4v) is 4.45. The second-order valence-electron chi connectivity index (χ2n) is 7.98. The highest BCUT2D eigenvalue weighted by Crippen LogP contribution is 2.45. The third-order valence-corrected chi connectivity index (χ3v) is 6.19. The van der Waals surface area contributed by atoms with Crippen molar-refractivity contribution in [1.29, 1.82) is 0 Å². The van der Waals surface area contributed by atoms with Crippen LogP contribution in [0.3, 0.4) is 0 Å². The SMILES string of the molecule is Nc1cc(-c2ccc(F)cc2)nn1CC(=O)N1CC[C@@]2(C1)OC(=O)Nc1ccc(Cl)c(F)c12. The summed E-state index contributed by atoms with van der Waals surface area (Å²) in [5, 5.41) is 6.72. The molecule has 170 valence electrons. The van der Waals surface area contributed by atoms with Crippen LogP contribution in [0.25, 0.3) is 11.3 Å². The van der Waals surface area contributed by atoms with E-state index < -0.39 is 17.5 Å². The number of anilines is 2. The first-order chi connectivity index (χ1) is 15.8. The molecule has 0 bridgehead atoms. The van der Waals surface area contributed by atoms with Crippen molar-refractivity contribution in [2.24, 2.45) is 0 Å². The van der Waals surface area contributed by atoms with E-state index >= 15 is 0 Å². The Hall–Kier alpha value is -3.66. The zero-order valence-electron chi connectivity index (χ0n) is 17.1. The van der Waals surface area contributed by atoms with E-state index in [1.54, 1.807) is 18.2 Å². The number of nitrogen functional groups attached to an aromatic ring is 1. The normalized spacial score (nSPS) is 19.4. The molecule has 2 aliphatic heterocycles. The lowest BCUT2D eigenvalue weighted by Gasteiger charge is -2.35. The van der Waals surface area contributed by atoms with Crippen LogP contribution in [-0.4, -0.2) is 39.8 Å². The highest BCUT2D eigenvalue weighted by atomic mass is 35.5. The summed E-state index contributed by atoms with van der Waals surface area (Å²) in [5.41, 5.74) is 6.23.